The second-order valence-corrected chi connectivity index (χ2v) is 9.07. The molecule has 10 nitrogen and oxygen atoms in total. The highest BCUT2D eigenvalue weighted by Crippen LogP contribution is 2.46. The fraction of sp³-hybridized carbons (Fsp3) is 0.524. The van der Waals surface area contributed by atoms with Crippen molar-refractivity contribution in [1.82, 2.24) is 9.55 Å². The lowest BCUT2D eigenvalue weighted by atomic mass is 9.84. The van der Waals surface area contributed by atoms with Gasteiger partial charge in [-0.25, -0.2) is 4.98 Å². The molecule has 1 aromatic heterocycles. The first-order valence-electron chi connectivity index (χ1n) is 10.3. The Hall–Kier alpha value is -2.56. The van der Waals surface area contributed by atoms with Gasteiger partial charge < -0.3 is 25.0 Å². The van der Waals surface area contributed by atoms with Gasteiger partial charge in [-0.1, -0.05) is 23.2 Å². The van der Waals surface area contributed by atoms with Crippen LogP contribution in [0.15, 0.2) is 12.1 Å². The minimum Gasteiger partial charge on any atom is -0.481 e. The van der Waals surface area contributed by atoms with E-state index >= 15 is 0 Å². The van der Waals surface area contributed by atoms with Crippen LogP contribution < -0.4 is 5.32 Å². The molecule has 0 bridgehead atoms. The van der Waals surface area contributed by atoms with Crippen molar-refractivity contribution in [3.63, 3.8) is 0 Å². The maximum Gasteiger partial charge on any atom is 0.303 e. The predicted octanol–water partition coefficient (Wildman–Crippen LogP) is 3.81. The van der Waals surface area contributed by atoms with Gasteiger partial charge in [0.2, 0.25) is 5.95 Å². The number of aromatic nitrogens is 2. The maximum absolute atomic E-state index is 11.7. The van der Waals surface area contributed by atoms with Crippen LogP contribution in [0.5, 0.6) is 0 Å². The summed E-state index contributed by atoms with van der Waals surface area (Å²) in [5, 5.41) is 22.8. The number of anilines is 1. The van der Waals surface area contributed by atoms with E-state index in [1.54, 1.807) is 16.7 Å². The molecule has 1 aromatic carbocycles. The van der Waals surface area contributed by atoms with E-state index in [-0.39, 0.29) is 30.5 Å². The van der Waals surface area contributed by atoms with Crippen molar-refractivity contribution in [2.45, 2.75) is 52.0 Å². The largest absolute Gasteiger partial charge is 0.481 e. The number of benzene rings is 1. The van der Waals surface area contributed by atoms with Crippen LogP contribution >= 0.6 is 23.2 Å². The molecule has 1 aliphatic heterocycles. The van der Waals surface area contributed by atoms with Gasteiger partial charge in [0.25, 0.3) is 0 Å². The van der Waals surface area contributed by atoms with Crippen LogP contribution in [0.3, 0.4) is 0 Å². The summed E-state index contributed by atoms with van der Waals surface area (Å²) in [6.45, 7) is 4.84. The number of carboxylic acids is 2. The molecule has 0 spiro atoms. The number of carbonyl (C=O) groups is 3. The molecular formula is C21H25Cl2N3O7. The molecule has 180 valence electrons. The van der Waals surface area contributed by atoms with Gasteiger partial charge in [-0.2, -0.15) is 0 Å². The summed E-state index contributed by atoms with van der Waals surface area (Å²) in [6, 6.07) is 3.16. The molecule has 1 saturated heterocycles. The van der Waals surface area contributed by atoms with Crippen LogP contribution in [-0.4, -0.2) is 56.4 Å². The first-order chi connectivity index (χ1) is 15.5. The molecule has 0 unspecified atom stereocenters. The Morgan fingerprint density at radius 2 is 1.76 bits per heavy atom. The zero-order chi connectivity index (χ0) is 24.4. The van der Waals surface area contributed by atoms with Crippen molar-refractivity contribution in [1.29, 1.82) is 0 Å². The number of aliphatic carboxylic acids is 2. The Morgan fingerprint density at radius 3 is 2.33 bits per heavy atom. The number of halogens is 2. The predicted molar refractivity (Wildman–Crippen MR) is 121 cm³/mol. The van der Waals surface area contributed by atoms with Crippen molar-refractivity contribution in [2.24, 2.45) is 11.8 Å². The number of hydrogen-bond donors (Lipinski definition) is 3. The number of nitrogens with one attached hydrogen (secondary N) is 1. The molecule has 3 rings (SSSR count). The monoisotopic (exact) mass is 501 g/mol. The van der Waals surface area contributed by atoms with E-state index in [2.05, 4.69) is 10.3 Å². The molecule has 33 heavy (non-hydrogen) atoms. The lowest BCUT2D eigenvalue weighted by molar-refractivity contribution is -0.147. The van der Waals surface area contributed by atoms with Crippen molar-refractivity contribution in [3.05, 3.63) is 22.2 Å². The molecule has 4 atom stereocenters. The molecule has 0 aliphatic carbocycles. The van der Waals surface area contributed by atoms with E-state index in [1.807, 2.05) is 13.8 Å². The average Bonchev–Trinajstić information content (AvgIpc) is 3.17. The number of nitrogens with zero attached hydrogens (tertiary/aromatic N) is 2. The summed E-state index contributed by atoms with van der Waals surface area (Å²) >= 11 is 12.4. The number of hydrogen-bond acceptors (Lipinski definition) is 7. The normalized spacial score (nSPS) is 22.6. The number of imidazole rings is 1. The summed E-state index contributed by atoms with van der Waals surface area (Å²) in [5.74, 6) is -3.86. The average molecular weight is 502 g/mol. The number of fused-ring (bicyclic) bond motifs is 1. The van der Waals surface area contributed by atoms with Gasteiger partial charge in [-0.3, -0.25) is 19.0 Å². The van der Waals surface area contributed by atoms with E-state index < -0.39 is 42.1 Å². The topological polar surface area (TPSA) is 140 Å². The second-order valence-electron chi connectivity index (χ2n) is 8.25. The maximum atomic E-state index is 11.7. The molecule has 3 N–H and O–H groups in total. The van der Waals surface area contributed by atoms with Crippen molar-refractivity contribution >= 4 is 58.1 Å². The zero-order valence-corrected chi connectivity index (χ0v) is 19.8. The minimum atomic E-state index is -1.11. The quantitative estimate of drug-likeness (QED) is 0.437. The Kier molecular flexibility index (Phi) is 7.71. The van der Waals surface area contributed by atoms with Gasteiger partial charge in [0.05, 0.1) is 40.0 Å². The molecule has 2 heterocycles. The first-order valence-corrected chi connectivity index (χ1v) is 11.1. The number of carboxylic acid groups (broad SMARTS) is 2. The molecule has 12 heteroatoms. The van der Waals surface area contributed by atoms with E-state index in [1.165, 1.54) is 6.92 Å². The fourth-order valence-electron chi connectivity index (χ4n) is 4.13. The SMILES string of the molecule is CC(=O)OC[C@H]1O[C@H](n2c(NC(C)C)nc3cc(Cl)c(Cl)cc32)[C@@H](CC(=O)O)[C@@H]1CC(=O)O. The third kappa shape index (κ3) is 5.69. The van der Waals surface area contributed by atoms with Crippen molar-refractivity contribution < 1.29 is 34.1 Å². The lowest BCUT2D eigenvalue weighted by Gasteiger charge is -2.24. The molecular weight excluding hydrogens is 477 g/mol. The van der Waals surface area contributed by atoms with E-state index in [0.717, 1.165) is 0 Å². The Labute approximate surface area is 199 Å². The van der Waals surface area contributed by atoms with Gasteiger partial charge in [-0.15, -0.1) is 0 Å². The third-order valence-corrected chi connectivity index (χ3v) is 6.11. The van der Waals surface area contributed by atoms with Gasteiger partial charge in [-0.05, 0) is 26.0 Å². The van der Waals surface area contributed by atoms with Crippen molar-refractivity contribution in [2.75, 3.05) is 11.9 Å². The fourth-order valence-corrected chi connectivity index (χ4v) is 4.44. The van der Waals surface area contributed by atoms with Crippen LogP contribution in [0.2, 0.25) is 10.0 Å². The first kappa shape index (κ1) is 25.1. The number of carbonyl (C=O) groups excluding carboxylic acids is 1. The number of rotatable bonds is 9. The van der Waals surface area contributed by atoms with E-state index in [0.29, 0.717) is 22.0 Å². The molecule has 0 saturated carbocycles. The Balaban J connectivity index is 2.16. The van der Waals surface area contributed by atoms with E-state index in [9.17, 15) is 24.6 Å². The lowest BCUT2D eigenvalue weighted by Crippen LogP contribution is -2.29. The summed E-state index contributed by atoms with van der Waals surface area (Å²) in [6.07, 6.45) is -2.45. The summed E-state index contributed by atoms with van der Waals surface area (Å²) in [4.78, 5) is 39.3. The second kappa shape index (κ2) is 10.1. The smallest absolute Gasteiger partial charge is 0.303 e. The molecule has 1 aliphatic rings. The van der Waals surface area contributed by atoms with Gasteiger partial charge in [0.1, 0.15) is 12.8 Å². The van der Waals surface area contributed by atoms with Gasteiger partial charge in [0, 0.05) is 24.8 Å². The van der Waals surface area contributed by atoms with Crippen LogP contribution in [0.4, 0.5) is 5.95 Å². The van der Waals surface area contributed by atoms with Crippen LogP contribution in [0.1, 0.15) is 39.8 Å². The number of esters is 1. The molecule has 0 amide bonds. The van der Waals surface area contributed by atoms with Gasteiger partial charge >= 0.3 is 17.9 Å². The zero-order valence-electron chi connectivity index (χ0n) is 18.2. The Morgan fingerprint density at radius 1 is 1.15 bits per heavy atom. The molecule has 2 aromatic rings. The van der Waals surface area contributed by atoms with Crippen LogP contribution in [0, 0.1) is 11.8 Å². The standard InChI is InChI=1S/C21H25Cl2N3O7/c1-9(2)24-21-25-15-6-13(22)14(23)7-16(15)26(21)20-12(5-19(30)31)11(4-18(28)29)17(33-20)8-32-10(3)27/h6-7,9,11-12,17,20H,4-5,8H2,1-3H3,(H,24,25)(H,28,29)(H,30,31)/t11-,12-,17+,20-/m0/s1. The molecule has 0 radical (unpaired) electrons. The van der Waals surface area contributed by atoms with Gasteiger partial charge in [0.15, 0.2) is 0 Å². The van der Waals surface area contributed by atoms with Crippen molar-refractivity contribution in [3.8, 4) is 0 Å². The highest BCUT2D eigenvalue weighted by Gasteiger charge is 2.48. The highest BCUT2D eigenvalue weighted by molar-refractivity contribution is 6.42. The van der Waals surface area contributed by atoms with Crippen LogP contribution in [-0.2, 0) is 23.9 Å². The Bertz CT molecular complexity index is 1070. The summed E-state index contributed by atoms with van der Waals surface area (Å²) in [7, 11) is 0. The van der Waals surface area contributed by atoms with Crippen LogP contribution in [0.25, 0.3) is 11.0 Å². The summed E-state index contributed by atoms with van der Waals surface area (Å²) in [5.41, 5.74) is 1.04. The third-order valence-electron chi connectivity index (χ3n) is 5.38. The summed E-state index contributed by atoms with van der Waals surface area (Å²) < 4.78 is 13.0. The van der Waals surface area contributed by atoms with E-state index in [4.69, 9.17) is 32.7 Å². The number of ether oxygens (including phenoxy) is 2. The highest BCUT2D eigenvalue weighted by atomic mass is 35.5. The molecule has 1 fully saturated rings. The minimum absolute atomic E-state index is 0.0301.